The lowest BCUT2D eigenvalue weighted by molar-refractivity contribution is -0.137. The van der Waals surface area contributed by atoms with E-state index in [1.807, 2.05) is 52.0 Å². The van der Waals surface area contributed by atoms with Crippen molar-refractivity contribution in [1.82, 2.24) is 14.7 Å². The molecule has 1 aromatic rings. The summed E-state index contributed by atoms with van der Waals surface area (Å²) in [6.45, 7) is 9.80. The minimum Gasteiger partial charge on any atom is -0.444 e. The summed E-state index contributed by atoms with van der Waals surface area (Å²) in [5.74, 6) is -0.0582. The summed E-state index contributed by atoms with van der Waals surface area (Å²) in [4.78, 5) is 43.1. The Labute approximate surface area is 178 Å². The minimum absolute atomic E-state index is 0.0582. The second-order valence-electron chi connectivity index (χ2n) is 8.94. The first-order chi connectivity index (χ1) is 14.1. The molecule has 0 spiro atoms. The Morgan fingerprint density at radius 2 is 1.70 bits per heavy atom. The number of carbonyl (C=O) groups excluding carboxylic acids is 3. The number of nitrogens with zero attached hydrogens (tertiary/aromatic N) is 3. The number of amides is 4. The number of piperazine rings is 1. The van der Waals surface area contributed by atoms with Crippen molar-refractivity contribution in [3.8, 4) is 0 Å². The van der Waals surface area contributed by atoms with Crippen molar-refractivity contribution in [3.05, 3.63) is 29.8 Å². The van der Waals surface area contributed by atoms with Crippen LogP contribution in [0, 0.1) is 6.92 Å². The van der Waals surface area contributed by atoms with Crippen LogP contribution in [-0.2, 0) is 9.53 Å². The van der Waals surface area contributed by atoms with Gasteiger partial charge in [-0.15, -0.1) is 0 Å². The Balaban J connectivity index is 1.53. The lowest BCUT2D eigenvalue weighted by Gasteiger charge is -2.37. The molecule has 0 aromatic heterocycles. The quantitative estimate of drug-likeness (QED) is 0.803. The SMILES string of the molecule is Cc1cccc(NC(=O)N2CCN(C(=O)[C@@H]3CCCN3C(=O)OC(C)(C)C)CC2)c1. The normalized spacial score (nSPS) is 19.6. The van der Waals surface area contributed by atoms with Gasteiger partial charge in [-0.1, -0.05) is 12.1 Å². The van der Waals surface area contributed by atoms with E-state index in [0.29, 0.717) is 39.1 Å². The molecule has 2 fully saturated rings. The highest BCUT2D eigenvalue weighted by molar-refractivity contribution is 5.90. The van der Waals surface area contributed by atoms with E-state index in [2.05, 4.69) is 5.32 Å². The zero-order valence-corrected chi connectivity index (χ0v) is 18.3. The monoisotopic (exact) mass is 416 g/mol. The molecule has 0 bridgehead atoms. The molecule has 2 heterocycles. The Hall–Kier alpha value is -2.77. The van der Waals surface area contributed by atoms with Crippen LogP contribution in [0.3, 0.4) is 0 Å². The summed E-state index contributed by atoms with van der Waals surface area (Å²) in [5, 5.41) is 2.91. The molecule has 0 saturated carbocycles. The van der Waals surface area contributed by atoms with E-state index in [-0.39, 0.29) is 11.9 Å². The van der Waals surface area contributed by atoms with Crippen molar-refractivity contribution < 1.29 is 19.1 Å². The van der Waals surface area contributed by atoms with Crippen LogP contribution < -0.4 is 5.32 Å². The van der Waals surface area contributed by atoms with Crippen LogP contribution in [-0.4, -0.2) is 77.1 Å². The number of likely N-dealkylation sites (tertiary alicyclic amines) is 1. The van der Waals surface area contributed by atoms with Crippen LogP contribution in [0.4, 0.5) is 15.3 Å². The molecule has 1 aromatic carbocycles. The molecule has 164 valence electrons. The van der Waals surface area contributed by atoms with Gasteiger partial charge in [0.2, 0.25) is 5.91 Å². The fraction of sp³-hybridized carbons (Fsp3) is 0.591. The Morgan fingerprint density at radius 1 is 1.03 bits per heavy atom. The first-order valence-corrected chi connectivity index (χ1v) is 10.5. The largest absolute Gasteiger partial charge is 0.444 e. The Kier molecular flexibility index (Phi) is 6.53. The van der Waals surface area contributed by atoms with Crippen molar-refractivity contribution in [3.63, 3.8) is 0 Å². The second kappa shape index (κ2) is 8.93. The highest BCUT2D eigenvalue weighted by atomic mass is 16.6. The lowest BCUT2D eigenvalue weighted by atomic mass is 10.1. The summed E-state index contributed by atoms with van der Waals surface area (Å²) in [6, 6.07) is 7.01. The summed E-state index contributed by atoms with van der Waals surface area (Å²) < 4.78 is 5.46. The van der Waals surface area contributed by atoms with Crippen molar-refractivity contribution in [2.24, 2.45) is 0 Å². The average molecular weight is 417 g/mol. The number of hydrogen-bond donors (Lipinski definition) is 1. The Morgan fingerprint density at radius 3 is 2.33 bits per heavy atom. The van der Waals surface area contributed by atoms with Crippen LogP contribution in [0.2, 0.25) is 0 Å². The molecule has 8 heteroatoms. The second-order valence-corrected chi connectivity index (χ2v) is 8.94. The number of carbonyl (C=O) groups is 3. The van der Waals surface area contributed by atoms with Gasteiger partial charge in [0.15, 0.2) is 0 Å². The van der Waals surface area contributed by atoms with Crippen molar-refractivity contribution in [2.45, 2.75) is 52.2 Å². The van der Waals surface area contributed by atoms with Crippen molar-refractivity contribution in [2.75, 3.05) is 38.0 Å². The number of benzene rings is 1. The van der Waals surface area contributed by atoms with Crippen molar-refractivity contribution in [1.29, 1.82) is 0 Å². The number of rotatable bonds is 2. The number of urea groups is 1. The van der Waals surface area contributed by atoms with E-state index in [1.165, 1.54) is 0 Å². The highest BCUT2D eigenvalue weighted by Crippen LogP contribution is 2.23. The van der Waals surface area contributed by atoms with Gasteiger partial charge >= 0.3 is 12.1 Å². The maximum absolute atomic E-state index is 13.0. The summed E-state index contributed by atoms with van der Waals surface area (Å²) in [7, 11) is 0. The summed E-state index contributed by atoms with van der Waals surface area (Å²) in [5.41, 5.74) is 1.25. The van der Waals surface area contributed by atoms with Gasteiger partial charge in [0.05, 0.1) is 0 Å². The molecule has 0 unspecified atom stereocenters. The summed E-state index contributed by atoms with van der Waals surface area (Å²) in [6.07, 6.45) is 0.996. The third-order valence-corrected chi connectivity index (χ3v) is 5.31. The fourth-order valence-corrected chi connectivity index (χ4v) is 3.83. The van der Waals surface area contributed by atoms with Crippen molar-refractivity contribution >= 4 is 23.7 Å². The van der Waals surface area contributed by atoms with Crippen LogP contribution in [0.1, 0.15) is 39.2 Å². The smallest absolute Gasteiger partial charge is 0.410 e. The number of ether oxygens (including phenoxy) is 1. The van der Waals surface area contributed by atoms with Crippen LogP contribution >= 0.6 is 0 Å². The van der Waals surface area contributed by atoms with E-state index in [9.17, 15) is 14.4 Å². The third kappa shape index (κ3) is 5.43. The van der Waals surface area contributed by atoms with Gasteiger partial charge in [0.25, 0.3) is 0 Å². The molecule has 2 aliphatic heterocycles. The van der Waals surface area contributed by atoms with Crippen LogP contribution in [0.5, 0.6) is 0 Å². The number of anilines is 1. The van der Waals surface area contributed by atoms with Crippen LogP contribution in [0.25, 0.3) is 0 Å². The molecule has 0 aliphatic carbocycles. The first kappa shape index (κ1) is 21.9. The van der Waals surface area contributed by atoms with Crippen LogP contribution in [0.15, 0.2) is 24.3 Å². The van der Waals surface area contributed by atoms with Gasteiger partial charge in [0, 0.05) is 38.4 Å². The molecule has 30 heavy (non-hydrogen) atoms. The minimum atomic E-state index is -0.594. The van der Waals surface area contributed by atoms with Gasteiger partial charge in [-0.25, -0.2) is 9.59 Å². The average Bonchev–Trinajstić information content (AvgIpc) is 3.16. The molecular weight excluding hydrogens is 384 g/mol. The third-order valence-electron chi connectivity index (χ3n) is 5.31. The lowest BCUT2D eigenvalue weighted by Crippen LogP contribution is -2.56. The molecule has 0 radical (unpaired) electrons. The fourth-order valence-electron chi connectivity index (χ4n) is 3.83. The Bertz CT molecular complexity index is 797. The molecule has 2 aliphatic rings. The van der Waals surface area contributed by atoms with Gasteiger partial charge < -0.3 is 19.9 Å². The van der Waals surface area contributed by atoms with E-state index in [4.69, 9.17) is 4.74 Å². The first-order valence-electron chi connectivity index (χ1n) is 10.5. The number of nitrogens with one attached hydrogen (secondary N) is 1. The molecule has 3 rings (SSSR count). The zero-order chi connectivity index (χ0) is 21.9. The van der Waals surface area contributed by atoms with E-state index >= 15 is 0 Å². The topological polar surface area (TPSA) is 82.2 Å². The maximum atomic E-state index is 13.0. The molecule has 8 nitrogen and oxygen atoms in total. The summed E-state index contributed by atoms with van der Waals surface area (Å²) >= 11 is 0. The zero-order valence-electron chi connectivity index (χ0n) is 18.3. The van der Waals surface area contributed by atoms with Gasteiger partial charge in [-0.3, -0.25) is 9.69 Å². The predicted octanol–water partition coefficient (Wildman–Crippen LogP) is 3.07. The predicted molar refractivity (Wildman–Crippen MR) is 114 cm³/mol. The number of hydrogen-bond acceptors (Lipinski definition) is 4. The maximum Gasteiger partial charge on any atom is 0.410 e. The van der Waals surface area contributed by atoms with E-state index in [0.717, 1.165) is 17.7 Å². The van der Waals surface area contributed by atoms with E-state index in [1.54, 1.807) is 14.7 Å². The van der Waals surface area contributed by atoms with Gasteiger partial charge in [0.1, 0.15) is 11.6 Å². The van der Waals surface area contributed by atoms with Gasteiger partial charge in [-0.2, -0.15) is 0 Å². The molecule has 1 atom stereocenters. The molecular formula is C22H32N4O4. The molecule has 4 amide bonds. The van der Waals surface area contributed by atoms with Gasteiger partial charge in [-0.05, 0) is 58.2 Å². The standard InChI is InChI=1S/C22H32N4O4/c1-16-7-5-8-17(15-16)23-20(28)25-13-11-24(12-14-25)19(27)18-9-6-10-26(18)21(29)30-22(2,3)4/h5,7-8,15,18H,6,9-14H2,1-4H3,(H,23,28)/t18-/m0/s1. The number of aryl methyl sites for hydroxylation is 1. The van der Waals surface area contributed by atoms with E-state index < -0.39 is 17.7 Å². The molecule has 2 saturated heterocycles. The molecule has 1 N–H and O–H groups in total. The highest BCUT2D eigenvalue weighted by Gasteiger charge is 2.39.